The summed E-state index contributed by atoms with van der Waals surface area (Å²) in [7, 11) is -13.0. The number of nitrogens with one attached hydrogen (secondary N) is 4. The van der Waals surface area contributed by atoms with Gasteiger partial charge in [0.25, 0.3) is 23.6 Å². The van der Waals surface area contributed by atoms with E-state index in [4.69, 9.17) is 71.1 Å². The number of nitrogens with two attached hydrogens (primary N) is 1. The van der Waals surface area contributed by atoms with Crippen LogP contribution in [-0.4, -0.2) is 209 Å². The lowest BCUT2D eigenvalue weighted by molar-refractivity contribution is 0.0322. The van der Waals surface area contributed by atoms with Crippen LogP contribution in [0.15, 0.2) is 243 Å². The van der Waals surface area contributed by atoms with Crippen LogP contribution in [0.1, 0.15) is 95.8 Å². The molecular weight excluding hydrogens is 1880 g/mol. The van der Waals surface area contributed by atoms with Crippen LogP contribution in [0.4, 0.5) is 28.4 Å². The molecule has 36 heteroatoms. The molecule has 28 nitrogen and oxygen atoms in total. The smallest absolute Gasteiger partial charge is 0.255 e. The summed E-state index contributed by atoms with van der Waals surface area (Å²) in [5, 5.41) is 13.5. The number of nitrogens with zero attached hydrogens (tertiary/aromatic N) is 7. The Morgan fingerprint density at radius 1 is 0.333 bits per heavy atom. The average molecular weight is 1990 g/mol. The molecule has 6 N–H and O–H groups in total. The van der Waals surface area contributed by atoms with Gasteiger partial charge in [0.1, 0.15) is 37.1 Å². The molecule has 0 spiro atoms. The number of sulfone groups is 4. The highest BCUT2D eigenvalue weighted by Gasteiger charge is 2.24. The van der Waals surface area contributed by atoms with Crippen molar-refractivity contribution < 1.29 is 71.8 Å². The minimum absolute atomic E-state index is 0.154. The van der Waals surface area contributed by atoms with Gasteiger partial charge in [-0.25, -0.2) is 33.7 Å². The standard InChI is InChI=1S/C27H30ClN3O4S.C26H28ClN3O5S.C26H28ClN3O4S.C20H18ClN3O3S/c1-36(33,34)19-21-9-8-20(17-26(21)35-16-15-31-13-5-2-6-14-31)27(32)30-22-10-11-24(28)23(18-22)25-7-3-4-12-29-25;1-36(32,33)18-20-6-5-19(16-25(20)35-15-12-30-10-13-34-14-11-30)26(31)29-21-7-8-23(27)22(17-21)24-4-2-3-9-28-24;1-35(32,33)18-20-8-7-19(16-25(20)34-15-14-30-12-4-5-13-30)26(31)29-21-9-10-23(27)22(17-21)24-6-2-3-11-28-24;1-28(26,27)12-14-6-5-13(10-18(14)22)20(25)24-15-7-8-17(21)16(11-15)19-4-2-3-9-23-19/h3-4,7-12,17-18H,2,5-6,13-16,19H2,1H3,(H,30,32);2-9,16-17H,10-15,18H2,1H3,(H,29,31);2-3,6-11,16-17H,4-5,12-15,18H2,1H3,(H,29,31);2-11H,12,22H2,1H3,(H,24,25). The summed E-state index contributed by atoms with van der Waals surface area (Å²) in [6, 6.07) is 61.9. The Balaban J connectivity index is 0.000000163. The van der Waals surface area contributed by atoms with Gasteiger partial charge in [-0.1, -0.05) is 101 Å². The Hall–Kier alpha value is -11.8. The number of likely N-dealkylation sites (tertiary alicyclic amines) is 2. The second-order valence-corrected chi connectivity index (χ2v) is 42.8. The second-order valence-electron chi connectivity index (χ2n) is 32.6. The molecule has 0 radical (unpaired) electrons. The Kier molecular flexibility index (Phi) is 36.8. The molecule has 3 aliphatic rings. The molecule has 4 aromatic heterocycles. The maximum atomic E-state index is 13.1. The molecule has 0 bridgehead atoms. The molecular formula is C99H104Cl4N12O16S4. The summed E-state index contributed by atoms with van der Waals surface area (Å²) in [6.07, 6.45) is 17.4. The van der Waals surface area contributed by atoms with Crippen LogP contribution in [0.2, 0.25) is 20.1 Å². The zero-order valence-electron chi connectivity index (χ0n) is 74.7. The average Bonchev–Trinajstić information content (AvgIpc) is 1.59. The van der Waals surface area contributed by atoms with E-state index in [1.807, 2.05) is 66.7 Å². The number of carbonyl (C=O) groups excluding carboxylic acids is 4. The Morgan fingerprint density at radius 3 is 0.859 bits per heavy atom. The molecule has 135 heavy (non-hydrogen) atoms. The van der Waals surface area contributed by atoms with Crippen LogP contribution in [0, 0.1) is 0 Å². The SMILES string of the molecule is CS(=O)(=O)Cc1ccc(C(=O)Nc2ccc(Cl)c(-c3ccccn3)c2)cc1N.CS(=O)(=O)Cc1ccc(C(=O)Nc2ccc(Cl)c(-c3ccccn3)c2)cc1OCCN1CCCC1.CS(=O)(=O)Cc1ccc(C(=O)Nc2ccc(Cl)c(-c3ccccn3)c2)cc1OCCN1CCCCC1.CS(=O)(=O)Cc1ccc(C(=O)Nc2ccc(Cl)c(-c3ccccn3)c2)cc1OCCN1CCOCC1. The lowest BCUT2D eigenvalue weighted by atomic mass is 10.1. The van der Waals surface area contributed by atoms with Gasteiger partial charge >= 0.3 is 0 Å². The van der Waals surface area contributed by atoms with Gasteiger partial charge in [0.2, 0.25) is 0 Å². The minimum Gasteiger partial charge on any atom is -0.492 e. The molecule has 4 amide bonds. The fourth-order valence-electron chi connectivity index (χ4n) is 14.8. The van der Waals surface area contributed by atoms with Crippen molar-refractivity contribution in [3.05, 3.63) is 308 Å². The summed E-state index contributed by atoms with van der Waals surface area (Å²) in [5.74, 6) is -0.852. The van der Waals surface area contributed by atoms with E-state index < -0.39 is 39.3 Å². The molecule has 8 aromatic carbocycles. The number of piperidine rings is 1. The Labute approximate surface area is 807 Å². The van der Waals surface area contributed by atoms with Crippen molar-refractivity contribution in [2.24, 2.45) is 0 Å². The third-order valence-electron chi connectivity index (χ3n) is 21.5. The minimum atomic E-state index is -3.29. The number of benzene rings is 8. The number of anilines is 5. The van der Waals surface area contributed by atoms with Crippen molar-refractivity contribution in [3.8, 4) is 62.3 Å². The maximum Gasteiger partial charge on any atom is 0.255 e. The predicted octanol–water partition coefficient (Wildman–Crippen LogP) is 17.4. The second kappa shape index (κ2) is 48.6. The van der Waals surface area contributed by atoms with Gasteiger partial charge < -0.3 is 45.9 Å². The van der Waals surface area contributed by atoms with Gasteiger partial charge in [-0.05, 0) is 227 Å². The molecule has 3 saturated heterocycles. The van der Waals surface area contributed by atoms with Crippen LogP contribution >= 0.6 is 46.4 Å². The number of carbonyl (C=O) groups is 4. The first kappa shape index (κ1) is 102. The zero-order valence-corrected chi connectivity index (χ0v) is 81.0. The number of ether oxygens (including phenoxy) is 4. The number of halogens is 4. The molecule has 0 saturated carbocycles. The highest BCUT2D eigenvalue weighted by atomic mass is 35.5. The molecule has 0 unspecified atom stereocenters. The Bertz CT molecular complexity index is 6430. The van der Waals surface area contributed by atoms with Crippen LogP contribution < -0.4 is 41.2 Å². The highest BCUT2D eigenvalue weighted by Crippen LogP contribution is 2.36. The third-order valence-corrected chi connectivity index (χ3v) is 26.1. The molecule has 708 valence electrons. The first-order valence-corrected chi connectivity index (χ1v) is 53.0. The van der Waals surface area contributed by atoms with Crippen molar-refractivity contribution in [2.45, 2.75) is 55.1 Å². The van der Waals surface area contributed by atoms with E-state index in [0.29, 0.717) is 189 Å². The van der Waals surface area contributed by atoms with Crippen LogP contribution in [-0.2, 0) is 67.1 Å². The van der Waals surface area contributed by atoms with Gasteiger partial charge in [0.05, 0.1) is 79.1 Å². The monoisotopic (exact) mass is 1980 g/mol. The normalized spacial score (nSPS) is 13.7. The molecule has 15 rings (SSSR count). The summed E-state index contributed by atoms with van der Waals surface area (Å²) in [4.78, 5) is 75.9. The van der Waals surface area contributed by atoms with E-state index in [1.165, 1.54) is 56.9 Å². The number of hydrogen-bond donors (Lipinski definition) is 5. The van der Waals surface area contributed by atoms with Crippen molar-refractivity contribution in [2.75, 3.05) is 144 Å². The lowest BCUT2D eigenvalue weighted by Crippen LogP contribution is -2.38. The largest absolute Gasteiger partial charge is 0.492 e. The molecule has 12 aromatic rings. The fourth-order valence-corrected chi connectivity index (χ4v) is 18.9. The first-order chi connectivity index (χ1) is 64.6. The molecule has 0 aliphatic carbocycles. The number of nitrogen functional groups attached to an aromatic ring is 1. The van der Waals surface area contributed by atoms with Gasteiger partial charge in [0.15, 0.2) is 39.3 Å². The van der Waals surface area contributed by atoms with Gasteiger partial charge in [-0.2, -0.15) is 0 Å². The highest BCUT2D eigenvalue weighted by molar-refractivity contribution is 7.90. The number of rotatable bonds is 32. The van der Waals surface area contributed by atoms with Crippen molar-refractivity contribution in [1.29, 1.82) is 0 Å². The number of morpholine rings is 1. The van der Waals surface area contributed by atoms with Gasteiger partial charge in [-0.15, -0.1) is 0 Å². The Morgan fingerprint density at radius 2 is 0.593 bits per heavy atom. The zero-order chi connectivity index (χ0) is 96.2. The topological polar surface area (TPSA) is 377 Å². The van der Waals surface area contributed by atoms with E-state index in [2.05, 4.69) is 55.9 Å². The lowest BCUT2D eigenvalue weighted by Gasteiger charge is -2.26. The van der Waals surface area contributed by atoms with E-state index >= 15 is 0 Å². The van der Waals surface area contributed by atoms with E-state index in [1.54, 1.807) is 170 Å². The predicted molar refractivity (Wildman–Crippen MR) is 535 cm³/mol. The van der Waals surface area contributed by atoms with E-state index in [-0.39, 0.29) is 52.3 Å². The quantitative estimate of drug-likeness (QED) is 0.0244. The summed E-state index contributed by atoms with van der Waals surface area (Å²) >= 11 is 25.3. The fraction of sp³-hybridized carbons (Fsp3) is 0.273. The van der Waals surface area contributed by atoms with Crippen LogP contribution in [0.25, 0.3) is 45.0 Å². The summed E-state index contributed by atoms with van der Waals surface area (Å²) in [6.45, 7) is 10.6. The molecule has 3 fully saturated rings. The summed E-state index contributed by atoms with van der Waals surface area (Å²) in [5.41, 5.74) is 17.5. The third kappa shape index (κ3) is 32.5. The number of aromatic nitrogens is 4. The number of pyridine rings is 4. The van der Waals surface area contributed by atoms with Crippen molar-refractivity contribution in [3.63, 3.8) is 0 Å². The number of hydrogen-bond acceptors (Lipinski definition) is 24. The van der Waals surface area contributed by atoms with Crippen LogP contribution in [0.3, 0.4) is 0 Å². The number of amides is 4. The van der Waals surface area contributed by atoms with Crippen molar-refractivity contribution in [1.82, 2.24) is 34.6 Å². The van der Waals surface area contributed by atoms with Crippen molar-refractivity contribution >= 4 is 138 Å². The molecule has 7 heterocycles. The van der Waals surface area contributed by atoms with E-state index in [9.17, 15) is 52.8 Å². The maximum absolute atomic E-state index is 13.1. The molecule has 3 aliphatic heterocycles. The van der Waals surface area contributed by atoms with Gasteiger partial charge in [0, 0.05) is 172 Å². The first-order valence-electron chi connectivity index (χ1n) is 43.3. The van der Waals surface area contributed by atoms with Crippen LogP contribution in [0.5, 0.6) is 17.2 Å². The molecule has 0 atom stereocenters. The van der Waals surface area contributed by atoms with Gasteiger partial charge in [-0.3, -0.25) is 53.8 Å². The summed E-state index contributed by atoms with van der Waals surface area (Å²) < 4.78 is 118. The van der Waals surface area contributed by atoms with E-state index in [0.717, 1.165) is 58.6 Å².